The smallest absolute Gasteiger partial charge is 0.408 e. The van der Waals surface area contributed by atoms with Gasteiger partial charge in [0.05, 0.1) is 12.7 Å². The molecule has 0 saturated carbocycles. The molecule has 0 aliphatic heterocycles. The Morgan fingerprint density at radius 1 is 1.03 bits per heavy atom. The van der Waals surface area contributed by atoms with Crippen molar-refractivity contribution in [1.29, 1.82) is 0 Å². The van der Waals surface area contributed by atoms with Gasteiger partial charge < -0.3 is 35.6 Å². The summed E-state index contributed by atoms with van der Waals surface area (Å²) in [6, 6.07) is 7.72. The van der Waals surface area contributed by atoms with Crippen LogP contribution in [-0.4, -0.2) is 65.7 Å². The van der Waals surface area contributed by atoms with Crippen LogP contribution in [0.1, 0.15) is 26.3 Å². The van der Waals surface area contributed by atoms with E-state index in [1.165, 1.54) is 0 Å². The van der Waals surface area contributed by atoms with Gasteiger partial charge in [0.15, 0.2) is 0 Å². The molecule has 1 rings (SSSR count). The average Bonchev–Trinajstić information content (AvgIpc) is 2.66. The molecule has 0 aromatic heterocycles. The number of aliphatic hydroxyl groups is 2. The zero-order chi connectivity index (χ0) is 21.9. The van der Waals surface area contributed by atoms with Gasteiger partial charge in [-0.1, -0.05) is 30.3 Å². The number of alkyl carbamates (subject to hydrolysis) is 2. The van der Waals surface area contributed by atoms with Crippen molar-refractivity contribution in [2.24, 2.45) is 0 Å². The third kappa shape index (κ3) is 10.9. The summed E-state index contributed by atoms with van der Waals surface area (Å²) >= 11 is 0. The molecule has 10 nitrogen and oxygen atoms in total. The molecular formula is C19H29N3O7. The predicted molar refractivity (Wildman–Crippen MR) is 104 cm³/mol. The lowest BCUT2D eigenvalue weighted by Crippen LogP contribution is -2.51. The molecule has 0 spiro atoms. The summed E-state index contributed by atoms with van der Waals surface area (Å²) in [7, 11) is 0. The summed E-state index contributed by atoms with van der Waals surface area (Å²) < 4.78 is 10.0. The van der Waals surface area contributed by atoms with E-state index in [1.807, 2.05) is 6.07 Å². The highest BCUT2D eigenvalue weighted by atomic mass is 16.6. The van der Waals surface area contributed by atoms with Crippen molar-refractivity contribution in [3.8, 4) is 0 Å². The van der Waals surface area contributed by atoms with Crippen LogP contribution in [0.5, 0.6) is 0 Å². The Bertz CT molecular complexity index is 662. The zero-order valence-electron chi connectivity index (χ0n) is 16.8. The first-order valence-electron chi connectivity index (χ1n) is 9.11. The number of amides is 3. The van der Waals surface area contributed by atoms with Gasteiger partial charge in [0.1, 0.15) is 18.2 Å². The van der Waals surface area contributed by atoms with Crippen molar-refractivity contribution in [3.63, 3.8) is 0 Å². The number of hydrogen-bond acceptors (Lipinski definition) is 7. The van der Waals surface area contributed by atoms with E-state index in [1.54, 1.807) is 45.0 Å². The topological polar surface area (TPSA) is 146 Å². The first-order valence-corrected chi connectivity index (χ1v) is 9.11. The van der Waals surface area contributed by atoms with E-state index in [9.17, 15) is 24.6 Å². The molecule has 10 heteroatoms. The molecule has 162 valence electrons. The van der Waals surface area contributed by atoms with Gasteiger partial charge in [-0.05, 0) is 26.3 Å². The number of benzene rings is 1. The van der Waals surface area contributed by atoms with Crippen LogP contribution in [0, 0.1) is 0 Å². The number of rotatable bonds is 9. The molecule has 0 saturated heterocycles. The van der Waals surface area contributed by atoms with E-state index in [4.69, 9.17) is 9.47 Å². The highest BCUT2D eigenvalue weighted by molar-refractivity contribution is 5.85. The fraction of sp³-hybridized carbons (Fsp3) is 0.526. The monoisotopic (exact) mass is 411 g/mol. The van der Waals surface area contributed by atoms with E-state index in [2.05, 4.69) is 16.0 Å². The van der Waals surface area contributed by atoms with Crippen LogP contribution in [0.25, 0.3) is 0 Å². The molecule has 1 aromatic rings. The van der Waals surface area contributed by atoms with Crippen molar-refractivity contribution >= 4 is 18.1 Å². The lowest BCUT2D eigenvalue weighted by molar-refractivity contribution is -0.124. The Kier molecular flexibility index (Phi) is 9.90. The zero-order valence-corrected chi connectivity index (χ0v) is 16.8. The molecule has 0 fully saturated rings. The molecule has 29 heavy (non-hydrogen) atoms. The van der Waals surface area contributed by atoms with Gasteiger partial charge in [0.25, 0.3) is 0 Å². The van der Waals surface area contributed by atoms with Crippen molar-refractivity contribution < 1.29 is 34.1 Å². The molecule has 0 radical (unpaired) electrons. The minimum absolute atomic E-state index is 0.0154. The Labute approximate surface area is 169 Å². The molecule has 2 atom stereocenters. The summed E-state index contributed by atoms with van der Waals surface area (Å²) in [5.74, 6) is -0.708. The molecule has 1 unspecified atom stereocenters. The summed E-state index contributed by atoms with van der Waals surface area (Å²) in [4.78, 5) is 35.3. The summed E-state index contributed by atoms with van der Waals surface area (Å²) in [6.45, 7) is 4.12. The van der Waals surface area contributed by atoms with Gasteiger partial charge >= 0.3 is 12.2 Å². The maximum atomic E-state index is 12.0. The Morgan fingerprint density at radius 2 is 1.66 bits per heavy atom. The van der Waals surface area contributed by atoms with Crippen molar-refractivity contribution in [1.82, 2.24) is 16.0 Å². The van der Waals surface area contributed by atoms with E-state index >= 15 is 0 Å². The fourth-order valence-electron chi connectivity index (χ4n) is 2.03. The van der Waals surface area contributed by atoms with Gasteiger partial charge in [0, 0.05) is 13.1 Å². The maximum absolute atomic E-state index is 12.0. The molecule has 3 amide bonds. The van der Waals surface area contributed by atoms with Crippen LogP contribution in [0.2, 0.25) is 0 Å². The Hall–Kier alpha value is -2.85. The largest absolute Gasteiger partial charge is 0.445 e. The first kappa shape index (κ1) is 24.2. The van der Waals surface area contributed by atoms with Crippen LogP contribution in [0.3, 0.4) is 0 Å². The van der Waals surface area contributed by atoms with Gasteiger partial charge in [-0.3, -0.25) is 4.79 Å². The van der Waals surface area contributed by atoms with Crippen LogP contribution in [0.4, 0.5) is 9.59 Å². The number of carbonyl (C=O) groups excluding carboxylic acids is 3. The quantitative estimate of drug-likeness (QED) is 0.392. The molecular weight excluding hydrogens is 382 g/mol. The summed E-state index contributed by atoms with van der Waals surface area (Å²) in [5.41, 5.74) is 0.103. The lowest BCUT2D eigenvalue weighted by Gasteiger charge is -2.21. The lowest BCUT2D eigenvalue weighted by atomic mass is 10.2. The SMILES string of the molecule is CC(C)(C)OC(=O)NCC(O)CNC(=O)[C@H](CO)NC(=O)OCc1ccccc1. The third-order valence-electron chi connectivity index (χ3n) is 3.40. The summed E-state index contributed by atoms with van der Waals surface area (Å²) in [6.07, 6.45) is -2.65. The van der Waals surface area contributed by atoms with Gasteiger partial charge in [0.2, 0.25) is 5.91 Å². The Morgan fingerprint density at radius 3 is 2.24 bits per heavy atom. The van der Waals surface area contributed by atoms with Crippen LogP contribution >= 0.6 is 0 Å². The number of nitrogens with one attached hydrogen (secondary N) is 3. The highest BCUT2D eigenvalue weighted by Crippen LogP contribution is 2.06. The summed E-state index contributed by atoms with van der Waals surface area (Å²) in [5, 5.41) is 26.1. The first-order chi connectivity index (χ1) is 13.6. The second-order valence-corrected chi connectivity index (χ2v) is 7.22. The van der Waals surface area contributed by atoms with Crippen LogP contribution < -0.4 is 16.0 Å². The minimum Gasteiger partial charge on any atom is -0.445 e. The number of carbonyl (C=O) groups is 3. The Balaban J connectivity index is 2.32. The van der Waals surface area contributed by atoms with Crippen LogP contribution in [0.15, 0.2) is 30.3 Å². The normalized spacial score (nSPS) is 13.0. The van der Waals surface area contributed by atoms with Gasteiger partial charge in [-0.2, -0.15) is 0 Å². The third-order valence-corrected chi connectivity index (χ3v) is 3.40. The van der Waals surface area contributed by atoms with E-state index in [-0.39, 0.29) is 19.7 Å². The molecule has 0 aliphatic carbocycles. The second kappa shape index (κ2) is 11.9. The van der Waals surface area contributed by atoms with E-state index in [0.29, 0.717) is 0 Å². The van der Waals surface area contributed by atoms with E-state index < -0.39 is 42.4 Å². The highest BCUT2D eigenvalue weighted by Gasteiger charge is 2.22. The molecule has 5 N–H and O–H groups in total. The number of hydrogen-bond donors (Lipinski definition) is 5. The maximum Gasteiger partial charge on any atom is 0.408 e. The molecule has 0 aliphatic rings. The van der Waals surface area contributed by atoms with Crippen molar-refractivity contribution in [2.45, 2.75) is 45.1 Å². The molecule has 1 aromatic carbocycles. The predicted octanol–water partition coefficient (Wildman–Crippen LogP) is 0.276. The standard InChI is InChI=1S/C19H29N3O7/c1-19(2,3)29-17(26)21-10-14(24)9-20-16(25)15(11-23)22-18(27)28-12-13-7-5-4-6-8-13/h4-8,14-15,23-24H,9-12H2,1-3H3,(H,20,25)(H,21,26)(H,22,27)/t14?,15-/m0/s1. The van der Waals surface area contributed by atoms with Crippen LogP contribution in [-0.2, 0) is 20.9 Å². The minimum atomic E-state index is -1.25. The van der Waals surface area contributed by atoms with Gasteiger partial charge in [-0.25, -0.2) is 9.59 Å². The second-order valence-electron chi connectivity index (χ2n) is 7.22. The van der Waals surface area contributed by atoms with Crippen molar-refractivity contribution in [3.05, 3.63) is 35.9 Å². The fourth-order valence-corrected chi connectivity index (χ4v) is 2.03. The molecule has 0 bridgehead atoms. The number of ether oxygens (including phenoxy) is 2. The van der Waals surface area contributed by atoms with Gasteiger partial charge in [-0.15, -0.1) is 0 Å². The average molecular weight is 411 g/mol. The molecule has 0 heterocycles. The number of aliphatic hydroxyl groups excluding tert-OH is 2. The van der Waals surface area contributed by atoms with Crippen molar-refractivity contribution in [2.75, 3.05) is 19.7 Å². The van der Waals surface area contributed by atoms with E-state index in [0.717, 1.165) is 5.56 Å².